The topological polar surface area (TPSA) is 70.2 Å². The summed E-state index contributed by atoms with van der Waals surface area (Å²) in [4.78, 5) is 17.1. The van der Waals surface area contributed by atoms with Crippen LogP contribution in [0.3, 0.4) is 0 Å². The number of hydrogen-bond acceptors (Lipinski definition) is 5. The molecule has 0 atom stereocenters. The summed E-state index contributed by atoms with van der Waals surface area (Å²) >= 11 is 0. The molecule has 4 rings (SSSR count). The van der Waals surface area contributed by atoms with Gasteiger partial charge in [-0.05, 0) is 49.6 Å². The lowest BCUT2D eigenvalue weighted by Gasteiger charge is -2.34. The molecule has 2 aromatic carbocycles. The molecule has 0 spiro atoms. The monoisotopic (exact) mass is 471 g/mol. The average molecular weight is 472 g/mol. The molecule has 2 aliphatic rings. The summed E-state index contributed by atoms with van der Waals surface area (Å²) in [5.41, 5.74) is 2.56. The van der Waals surface area contributed by atoms with E-state index in [2.05, 4.69) is 36.1 Å². The van der Waals surface area contributed by atoms with Crippen molar-refractivity contribution in [3.8, 4) is 5.75 Å². The Morgan fingerprint density at radius 1 is 0.909 bits per heavy atom. The molecule has 1 amide bonds. The highest BCUT2D eigenvalue weighted by Crippen LogP contribution is 2.22. The lowest BCUT2D eigenvalue weighted by molar-refractivity contribution is -0.135. The number of piperazine rings is 1. The smallest absolute Gasteiger partial charge is 0.260 e. The van der Waals surface area contributed by atoms with E-state index in [0.29, 0.717) is 31.9 Å². The number of aryl methyl sites for hydroxylation is 1. The molecule has 0 bridgehead atoms. The van der Waals surface area contributed by atoms with E-state index < -0.39 is 10.0 Å². The molecule has 0 unspecified atom stereocenters. The van der Waals surface area contributed by atoms with Gasteiger partial charge in [-0.2, -0.15) is 4.31 Å². The van der Waals surface area contributed by atoms with Crippen molar-refractivity contribution in [2.24, 2.45) is 0 Å². The molecule has 2 heterocycles. The fraction of sp³-hybridized carbons (Fsp3) is 0.480. The minimum absolute atomic E-state index is 0.0455. The number of rotatable bonds is 7. The number of ether oxygens (including phenoxy) is 1. The van der Waals surface area contributed by atoms with Crippen molar-refractivity contribution in [3.63, 3.8) is 0 Å². The maximum absolute atomic E-state index is 12.7. The first-order valence-electron chi connectivity index (χ1n) is 11.7. The van der Waals surface area contributed by atoms with Crippen molar-refractivity contribution in [1.82, 2.24) is 14.1 Å². The summed E-state index contributed by atoms with van der Waals surface area (Å²) in [6, 6.07) is 14.9. The molecule has 2 aromatic rings. The first kappa shape index (κ1) is 23.7. The van der Waals surface area contributed by atoms with Crippen LogP contribution in [-0.4, -0.2) is 74.3 Å². The average Bonchev–Trinajstić information content (AvgIpc) is 2.84. The SMILES string of the molecule is Cc1cccc(CN2CCN(C(=O)COc3ccc(S(=O)(=O)N4CCCCC4)cc3)CC2)c1. The molecule has 0 aliphatic carbocycles. The number of hydrogen-bond donors (Lipinski definition) is 0. The second-order valence-corrected chi connectivity index (χ2v) is 10.8. The van der Waals surface area contributed by atoms with E-state index in [9.17, 15) is 13.2 Å². The van der Waals surface area contributed by atoms with Crippen LogP contribution in [0.5, 0.6) is 5.75 Å². The predicted octanol–water partition coefficient (Wildman–Crippen LogP) is 2.89. The predicted molar refractivity (Wildman–Crippen MR) is 128 cm³/mol. The number of piperidine rings is 1. The zero-order valence-electron chi connectivity index (χ0n) is 19.3. The van der Waals surface area contributed by atoms with Gasteiger partial charge in [0.2, 0.25) is 10.0 Å². The molecule has 2 fully saturated rings. The zero-order chi connectivity index (χ0) is 23.3. The summed E-state index contributed by atoms with van der Waals surface area (Å²) < 4.78 is 32.7. The van der Waals surface area contributed by atoms with Crippen LogP contribution in [0.4, 0.5) is 0 Å². The summed E-state index contributed by atoms with van der Waals surface area (Å²) in [6.07, 6.45) is 2.89. The highest BCUT2D eigenvalue weighted by Gasteiger charge is 2.26. The van der Waals surface area contributed by atoms with Crippen LogP contribution in [-0.2, 0) is 21.4 Å². The molecule has 0 radical (unpaired) electrons. The molecule has 178 valence electrons. The summed E-state index contributed by atoms with van der Waals surface area (Å²) in [5, 5.41) is 0. The van der Waals surface area contributed by atoms with Gasteiger partial charge in [0.25, 0.3) is 5.91 Å². The number of sulfonamides is 1. The van der Waals surface area contributed by atoms with E-state index in [-0.39, 0.29) is 17.4 Å². The molecule has 0 aromatic heterocycles. The Balaban J connectivity index is 1.24. The molecule has 7 nitrogen and oxygen atoms in total. The van der Waals surface area contributed by atoms with Gasteiger partial charge >= 0.3 is 0 Å². The minimum Gasteiger partial charge on any atom is -0.484 e. The quantitative estimate of drug-likeness (QED) is 0.621. The second kappa shape index (κ2) is 10.7. The Hall–Kier alpha value is -2.42. The Morgan fingerprint density at radius 2 is 1.61 bits per heavy atom. The van der Waals surface area contributed by atoms with Gasteiger partial charge in [0.05, 0.1) is 4.90 Å². The Bertz CT molecular complexity index is 1040. The lowest BCUT2D eigenvalue weighted by Crippen LogP contribution is -2.49. The van der Waals surface area contributed by atoms with Gasteiger partial charge in [-0.1, -0.05) is 36.2 Å². The maximum Gasteiger partial charge on any atom is 0.260 e. The maximum atomic E-state index is 12.7. The van der Waals surface area contributed by atoms with Gasteiger partial charge < -0.3 is 9.64 Å². The van der Waals surface area contributed by atoms with E-state index in [4.69, 9.17) is 4.74 Å². The van der Waals surface area contributed by atoms with E-state index in [1.807, 2.05) is 4.90 Å². The van der Waals surface area contributed by atoms with Crippen molar-refractivity contribution < 1.29 is 17.9 Å². The Morgan fingerprint density at radius 3 is 2.27 bits per heavy atom. The number of carbonyl (C=O) groups excluding carboxylic acids is 1. The van der Waals surface area contributed by atoms with Crippen LogP contribution in [0.15, 0.2) is 53.4 Å². The van der Waals surface area contributed by atoms with Crippen LogP contribution < -0.4 is 4.74 Å². The minimum atomic E-state index is -3.46. The second-order valence-electron chi connectivity index (χ2n) is 8.87. The number of amides is 1. The van der Waals surface area contributed by atoms with Crippen molar-refractivity contribution in [2.45, 2.75) is 37.6 Å². The van der Waals surface area contributed by atoms with Gasteiger partial charge in [-0.15, -0.1) is 0 Å². The van der Waals surface area contributed by atoms with Crippen molar-refractivity contribution in [2.75, 3.05) is 45.9 Å². The first-order valence-corrected chi connectivity index (χ1v) is 13.1. The largest absolute Gasteiger partial charge is 0.484 e. The molecular formula is C25H33N3O4S. The third-order valence-electron chi connectivity index (χ3n) is 6.35. The standard InChI is InChI=1S/C25H33N3O4S/c1-21-6-5-7-22(18-21)19-26-14-16-27(17-15-26)25(29)20-32-23-8-10-24(11-9-23)33(30,31)28-12-3-2-4-13-28/h5-11,18H,2-4,12-17,19-20H2,1H3. The Labute approximate surface area is 197 Å². The van der Waals surface area contributed by atoms with Crippen molar-refractivity contribution in [3.05, 3.63) is 59.7 Å². The number of carbonyl (C=O) groups is 1. The van der Waals surface area contributed by atoms with E-state index in [1.165, 1.54) is 11.1 Å². The van der Waals surface area contributed by atoms with Gasteiger partial charge in [-0.3, -0.25) is 9.69 Å². The molecule has 33 heavy (non-hydrogen) atoms. The van der Waals surface area contributed by atoms with E-state index in [1.54, 1.807) is 28.6 Å². The van der Waals surface area contributed by atoms with E-state index >= 15 is 0 Å². The molecule has 8 heteroatoms. The molecular weight excluding hydrogens is 438 g/mol. The lowest BCUT2D eigenvalue weighted by atomic mass is 10.1. The third kappa shape index (κ3) is 6.13. The normalized spacial score (nSPS) is 18.3. The first-order chi connectivity index (χ1) is 15.9. The number of benzene rings is 2. The fourth-order valence-corrected chi connectivity index (χ4v) is 5.94. The molecule has 2 saturated heterocycles. The van der Waals surface area contributed by atoms with Crippen LogP contribution >= 0.6 is 0 Å². The highest BCUT2D eigenvalue weighted by molar-refractivity contribution is 7.89. The summed E-state index contributed by atoms with van der Waals surface area (Å²) in [5.74, 6) is 0.453. The fourth-order valence-electron chi connectivity index (χ4n) is 4.42. The summed E-state index contributed by atoms with van der Waals surface area (Å²) in [6.45, 7) is 7.14. The highest BCUT2D eigenvalue weighted by atomic mass is 32.2. The molecule has 2 aliphatic heterocycles. The zero-order valence-corrected chi connectivity index (χ0v) is 20.1. The van der Waals surface area contributed by atoms with Crippen LogP contribution in [0.1, 0.15) is 30.4 Å². The van der Waals surface area contributed by atoms with Crippen LogP contribution in [0.25, 0.3) is 0 Å². The molecule has 0 N–H and O–H groups in total. The van der Waals surface area contributed by atoms with E-state index in [0.717, 1.165) is 38.9 Å². The molecule has 0 saturated carbocycles. The van der Waals surface area contributed by atoms with Crippen LogP contribution in [0.2, 0.25) is 0 Å². The summed E-state index contributed by atoms with van der Waals surface area (Å²) in [7, 11) is -3.46. The van der Waals surface area contributed by atoms with Crippen molar-refractivity contribution in [1.29, 1.82) is 0 Å². The van der Waals surface area contributed by atoms with Gasteiger partial charge in [0, 0.05) is 45.8 Å². The third-order valence-corrected chi connectivity index (χ3v) is 8.27. The van der Waals surface area contributed by atoms with Gasteiger partial charge in [0.1, 0.15) is 5.75 Å². The Kier molecular flexibility index (Phi) is 7.67. The van der Waals surface area contributed by atoms with Crippen molar-refractivity contribution >= 4 is 15.9 Å². The van der Waals surface area contributed by atoms with Gasteiger partial charge in [-0.25, -0.2) is 8.42 Å². The van der Waals surface area contributed by atoms with Crippen LogP contribution in [0, 0.1) is 6.92 Å². The number of nitrogens with zero attached hydrogens (tertiary/aromatic N) is 3. The van der Waals surface area contributed by atoms with Gasteiger partial charge in [0.15, 0.2) is 6.61 Å².